The largest absolute Gasteiger partial charge is 0.338 e. The topological polar surface area (TPSA) is 82.6 Å². The molecule has 3 heterocycles. The van der Waals surface area contributed by atoms with Gasteiger partial charge in [0.1, 0.15) is 13.1 Å². The number of urea groups is 1. The van der Waals surface area contributed by atoms with Gasteiger partial charge in [0.25, 0.3) is 0 Å². The van der Waals surface area contributed by atoms with E-state index in [1.54, 1.807) is 6.20 Å². The standard InChI is InChI=1S/C17H22N4O3/c22-15-11-20(17(24)19-15)12-16(23)21-10-4-2-6-14(21)8-7-13-5-1-3-9-18-13/h1,3,5,9,14H,2,4,6-8,10-12H2,(H,19,22,24)/t14-/m0/s1. The minimum Gasteiger partial charge on any atom is -0.338 e. The molecule has 0 aliphatic carbocycles. The number of nitrogens with zero attached hydrogens (tertiary/aromatic N) is 3. The number of carbonyl (C=O) groups is 3. The Hall–Kier alpha value is -2.44. The average molecular weight is 330 g/mol. The molecule has 1 atom stereocenters. The molecule has 4 amide bonds. The first kappa shape index (κ1) is 16.4. The predicted molar refractivity (Wildman–Crippen MR) is 87.0 cm³/mol. The Balaban J connectivity index is 1.58. The third-order valence-corrected chi connectivity index (χ3v) is 4.60. The summed E-state index contributed by atoms with van der Waals surface area (Å²) in [6.45, 7) is 0.657. The molecule has 0 spiro atoms. The molecule has 128 valence electrons. The number of nitrogens with one attached hydrogen (secondary N) is 1. The van der Waals surface area contributed by atoms with Crippen LogP contribution in [0.2, 0.25) is 0 Å². The fourth-order valence-corrected chi connectivity index (χ4v) is 3.35. The number of imide groups is 1. The van der Waals surface area contributed by atoms with E-state index in [-0.39, 0.29) is 30.9 Å². The minimum absolute atomic E-state index is 0.0301. The number of pyridine rings is 1. The van der Waals surface area contributed by atoms with Crippen LogP contribution in [-0.4, -0.2) is 58.3 Å². The third kappa shape index (κ3) is 3.90. The zero-order chi connectivity index (χ0) is 16.9. The van der Waals surface area contributed by atoms with E-state index in [0.29, 0.717) is 0 Å². The van der Waals surface area contributed by atoms with E-state index < -0.39 is 6.03 Å². The monoisotopic (exact) mass is 330 g/mol. The minimum atomic E-state index is -0.476. The first-order valence-electron chi connectivity index (χ1n) is 8.41. The van der Waals surface area contributed by atoms with Crippen molar-refractivity contribution in [2.45, 2.75) is 38.1 Å². The molecule has 7 heteroatoms. The lowest BCUT2D eigenvalue weighted by molar-refractivity contribution is -0.135. The van der Waals surface area contributed by atoms with Crippen molar-refractivity contribution in [1.29, 1.82) is 0 Å². The SMILES string of the molecule is O=C1CN(CC(=O)N2CCCC[C@H]2CCc2ccccn2)C(=O)N1. The van der Waals surface area contributed by atoms with Gasteiger partial charge in [-0.3, -0.25) is 19.9 Å². The number of carbonyl (C=O) groups excluding carboxylic acids is 3. The molecule has 1 aromatic heterocycles. The summed E-state index contributed by atoms with van der Waals surface area (Å²) >= 11 is 0. The Bertz CT molecular complexity index is 620. The molecular weight excluding hydrogens is 308 g/mol. The maximum Gasteiger partial charge on any atom is 0.325 e. The van der Waals surface area contributed by atoms with Gasteiger partial charge in [0, 0.05) is 24.5 Å². The van der Waals surface area contributed by atoms with E-state index in [2.05, 4.69) is 10.3 Å². The lowest BCUT2D eigenvalue weighted by atomic mass is 9.97. The van der Waals surface area contributed by atoms with Crippen molar-refractivity contribution in [1.82, 2.24) is 20.1 Å². The first-order chi connectivity index (χ1) is 11.6. The van der Waals surface area contributed by atoms with Crippen LogP contribution in [0.3, 0.4) is 0 Å². The van der Waals surface area contributed by atoms with E-state index >= 15 is 0 Å². The van der Waals surface area contributed by atoms with Gasteiger partial charge in [0.15, 0.2) is 0 Å². The van der Waals surface area contributed by atoms with E-state index in [0.717, 1.165) is 44.3 Å². The molecule has 24 heavy (non-hydrogen) atoms. The van der Waals surface area contributed by atoms with Crippen molar-refractivity contribution in [3.05, 3.63) is 30.1 Å². The molecule has 0 radical (unpaired) electrons. The molecule has 7 nitrogen and oxygen atoms in total. The second-order valence-electron chi connectivity index (χ2n) is 6.31. The molecule has 2 fully saturated rings. The molecule has 2 aliphatic rings. The maximum atomic E-state index is 12.6. The number of piperidine rings is 1. The Morgan fingerprint density at radius 2 is 2.17 bits per heavy atom. The van der Waals surface area contributed by atoms with Crippen LogP contribution >= 0.6 is 0 Å². The highest BCUT2D eigenvalue weighted by molar-refractivity contribution is 6.03. The van der Waals surface area contributed by atoms with Gasteiger partial charge in [-0.05, 0) is 44.2 Å². The van der Waals surface area contributed by atoms with E-state index in [4.69, 9.17) is 0 Å². The summed E-state index contributed by atoms with van der Waals surface area (Å²) in [5.41, 5.74) is 1.03. The molecule has 2 saturated heterocycles. The zero-order valence-electron chi connectivity index (χ0n) is 13.6. The number of rotatable bonds is 5. The third-order valence-electron chi connectivity index (χ3n) is 4.60. The lowest BCUT2D eigenvalue weighted by Crippen LogP contribution is -2.48. The van der Waals surface area contributed by atoms with E-state index in [1.807, 2.05) is 23.1 Å². The van der Waals surface area contributed by atoms with Crippen LogP contribution in [-0.2, 0) is 16.0 Å². The van der Waals surface area contributed by atoms with Crippen LogP contribution in [0.15, 0.2) is 24.4 Å². The number of likely N-dealkylation sites (tertiary alicyclic amines) is 1. The van der Waals surface area contributed by atoms with Gasteiger partial charge in [-0.1, -0.05) is 6.07 Å². The summed E-state index contributed by atoms with van der Waals surface area (Å²) < 4.78 is 0. The highest BCUT2D eigenvalue weighted by Gasteiger charge is 2.32. The maximum absolute atomic E-state index is 12.6. The summed E-state index contributed by atoms with van der Waals surface area (Å²) in [6, 6.07) is 5.55. The quantitative estimate of drug-likeness (QED) is 0.815. The highest BCUT2D eigenvalue weighted by Crippen LogP contribution is 2.21. The van der Waals surface area contributed by atoms with Gasteiger partial charge in [-0.15, -0.1) is 0 Å². The number of hydrogen-bond donors (Lipinski definition) is 1. The molecule has 0 aromatic carbocycles. The van der Waals surface area contributed by atoms with Crippen molar-refractivity contribution in [3.8, 4) is 0 Å². The fourth-order valence-electron chi connectivity index (χ4n) is 3.35. The van der Waals surface area contributed by atoms with Crippen molar-refractivity contribution in [2.75, 3.05) is 19.6 Å². The molecular formula is C17H22N4O3. The van der Waals surface area contributed by atoms with E-state index in [9.17, 15) is 14.4 Å². The number of aryl methyl sites for hydroxylation is 1. The fraction of sp³-hybridized carbons (Fsp3) is 0.529. The summed E-state index contributed by atoms with van der Waals surface area (Å²) in [5, 5.41) is 2.20. The zero-order valence-corrected chi connectivity index (χ0v) is 13.6. The van der Waals surface area contributed by atoms with E-state index in [1.165, 1.54) is 4.90 Å². The van der Waals surface area contributed by atoms with Crippen LogP contribution in [0, 0.1) is 0 Å². The van der Waals surface area contributed by atoms with Gasteiger partial charge in [-0.25, -0.2) is 4.79 Å². The van der Waals surface area contributed by atoms with Crippen LogP contribution in [0.25, 0.3) is 0 Å². The Labute approximate surface area is 141 Å². The van der Waals surface area contributed by atoms with Crippen molar-refractivity contribution in [3.63, 3.8) is 0 Å². The number of aromatic nitrogens is 1. The Morgan fingerprint density at radius 3 is 2.88 bits per heavy atom. The van der Waals surface area contributed by atoms with Gasteiger partial charge in [-0.2, -0.15) is 0 Å². The van der Waals surface area contributed by atoms with Crippen molar-refractivity contribution < 1.29 is 14.4 Å². The predicted octanol–water partition coefficient (Wildman–Crippen LogP) is 0.947. The smallest absolute Gasteiger partial charge is 0.325 e. The molecule has 0 saturated carbocycles. The normalized spacial score (nSPS) is 21.1. The molecule has 0 bridgehead atoms. The first-order valence-corrected chi connectivity index (χ1v) is 8.41. The number of hydrogen-bond acceptors (Lipinski definition) is 4. The lowest BCUT2D eigenvalue weighted by Gasteiger charge is -2.36. The van der Waals surface area contributed by atoms with Gasteiger partial charge < -0.3 is 9.80 Å². The Morgan fingerprint density at radius 1 is 1.29 bits per heavy atom. The summed E-state index contributed by atoms with van der Waals surface area (Å²) in [7, 11) is 0. The number of amides is 4. The summed E-state index contributed by atoms with van der Waals surface area (Å²) in [6.07, 6.45) is 6.55. The summed E-state index contributed by atoms with van der Waals surface area (Å²) in [4.78, 5) is 42.9. The van der Waals surface area contributed by atoms with Crippen LogP contribution in [0.5, 0.6) is 0 Å². The second-order valence-corrected chi connectivity index (χ2v) is 6.31. The van der Waals surface area contributed by atoms with Crippen molar-refractivity contribution in [2.24, 2.45) is 0 Å². The van der Waals surface area contributed by atoms with Gasteiger partial charge >= 0.3 is 6.03 Å². The molecule has 1 aromatic rings. The second kappa shape index (κ2) is 7.42. The van der Waals surface area contributed by atoms with Crippen LogP contribution in [0.4, 0.5) is 4.79 Å². The molecule has 1 N–H and O–H groups in total. The molecule has 3 rings (SSSR count). The molecule has 0 unspecified atom stereocenters. The Kier molecular flexibility index (Phi) is 5.08. The van der Waals surface area contributed by atoms with Gasteiger partial charge in [0.2, 0.25) is 11.8 Å². The van der Waals surface area contributed by atoms with Crippen molar-refractivity contribution >= 4 is 17.8 Å². The van der Waals surface area contributed by atoms with Crippen LogP contribution < -0.4 is 5.32 Å². The average Bonchev–Trinajstić information content (AvgIpc) is 2.91. The van der Waals surface area contributed by atoms with Crippen LogP contribution in [0.1, 0.15) is 31.4 Å². The van der Waals surface area contributed by atoms with Gasteiger partial charge in [0.05, 0.1) is 0 Å². The highest BCUT2D eigenvalue weighted by atomic mass is 16.2. The summed E-state index contributed by atoms with van der Waals surface area (Å²) in [5.74, 6) is -0.427. The molecule has 2 aliphatic heterocycles.